The van der Waals surface area contributed by atoms with Crippen molar-refractivity contribution in [3.8, 4) is 0 Å². The molecule has 1 amide bonds. The molecule has 2 heterocycles. The quantitative estimate of drug-likeness (QED) is 0.921. The van der Waals surface area contributed by atoms with E-state index in [0.717, 1.165) is 33.3 Å². The average molecular weight is 337 g/mol. The van der Waals surface area contributed by atoms with E-state index in [9.17, 15) is 4.79 Å². The summed E-state index contributed by atoms with van der Waals surface area (Å²) in [5.74, 6) is 1.04. The van der Waals surface area contributed by atoms with Crippen molar-refractivity contribution in [3.63, 3.8) is 0 Å². The van der Waals surface area contributed by atoms with Gasteiger partial charge in [-0.1, -0.05) is 53.9 Å². The van der Waals surface area contributed by atoms with Gasteiger partial charge in [0.25, 0.3) is 0 Å². The molecule has 1 aliphatic rings. The first-order valence-corrected chi connectivity index (χ1v) is 9.45. The highest BCUT2D eigenvalue weighted by atomic mass is 32.2. The molecule has 1 aliphatic heterocycles. The van der Waals surface area contributed by atoms with Crippen molar-refractivity contribution < 1.29 is 4.79 Å². The molecule has 1 unspecified atom stereocenters. The summed E-state index contributed by atoms with van der Waals surface area (Å²) < 4.78 is 2.12. The zero-order valence-corrected chi connectivity index (χ0v) is 14.0. The van der Waals surface area contributed by atoms with Crippen molar-refractivity contribution in [2.24, 2.45) is 4.99 Å². The van der Waals surface area contributed by atoms with Gasteiger partial charge in [-0.25, -0.2) is 4.98 Å². The number of carbonyl (C=O) groups is 1. The molecule has 0 bridgehead atoms. The fraction of sp³-hybridized carbons (Fsp3) is 0.357. The number of thioether (sulfide) groups is 2. The second-order valence-corrected chi connectivity index (χ2v) is 8.05. The maximum absolute atomic E-state index is 12.4. The first kappa shape index (κ1) is 14.9. The van der Waals surface area contributed by atoms with Gasteiger partial charge in [-0.05, 0) is 18.6 Å². The third-order valence-corrected chi connectivity index (χ3v) is 6.51. The molecule has 0 spiro atoms. The minimum atomic E-state index is -0.110. The minimum absolute atomic E-state index is 0.0109. The summed E-state index contributed by atoms with van der Waals surface area (Å²) in [5, 5.41) is 3.50. The second kappa shape index (κ2) is 6.81. The summed E-state index contributed by atoms with van der Waals surface area (Å²) in [4.78, 5) is 21.2. The number of hydrogen-bond donors (Lipinski definition) is 1. The van der Waals surface area contributed by atoms with E-state index in [-0.39, 0.29) is 11.2 Å². The molecule has 4 nitrogen and oxygen atoms in total. The number of benzene rings is 1. The van der Waals surface area contributed by atoms with Gasteiger partial charge >= 0.3 is 0 Å². The molecule has 2 aromatic rings. The van der Waals surface area contributed by atoms with Crippen LogP contribution in [0.3, 0.4) is 0 Å². The van der Waals surface area contributed by atoms with E-state index >= 15 is 0 Å². The van der Waals surface area contributed by atoms with Crippen LogP contribution < -0.4 is 5.32 Å². The van der Waals surface area contributed by atoms with E-state index in [2.05, 4.69) is 15.3 Å². The first-order chi connectivity index (χ1) is 10.3. The number of nitrogens with one attached hydrogen (secondary N) is 1. The van der Waals surface area contributed by atoms with Crippen LogP contribution in [0.2, 0.25) is 0 Å². The van der Waals surface area contributed by atoms with Crippen LogP contribution in [0.25, 0.3) is 10.2 Å². The fourth-order valence-electron chi connectivity index (χ4n) is 1.94. The van der Waals surface area contributed by atoms with E-state index in [1.807, 2.05) is 31.2 Å². The highest BCUT2D eigenvalue weighted by Crippen LogP contribution is 2.30. The van der Waals surface area contributed by atoms with Crippen LogP contribution in [-0.4, -0.2) is 32.8 Å². The smallest absolute Gasteiger partial charge is 0.239 e. The number of hydrogen-bond acceptors (Lipinski definition) is 6. The number of nitrogens with zero attached hydrogens (tertiary/aromatic N) is 2. The minimum Gasteiger partial charge on any atom is -0.301 e. The number of amides is 1. The average Bonchev–Trinajstić information content (AvgIpc) is 3.13. The Labute approximate surface area is 135 Å². The monoisotopic (exact) mass is 337 g/mol. The van der Waals surface area contributed by atoms with Crippen molar-refractivity contribution in [2.75, 3.05) is 17.6 Å². The predicted octanol–water partition coefficient (Wildman–Crippen LogP) is 3.85. The molecule has 0 fully saturated rings. The Kier molecular flexibility index (Phi) is 4.82. The number of rotatable bonds is 4. The molecule has 0 radical (unpaired) electrons. The second-order valence-electron chi connectivity index (χ2n) is 4.49. The standard InChI is InChI=1S/C14H15N3OS3/c1-2-10(21-14-15-7-8-19-14)12(18)17-13-16-9-5-3-4-6-11(9)20-13/h3-6,10H,2,7-8H2,1H3,(H,16,17,18). The van der Waals surface area contributed by atoms with Crippen LogP contribution in [-0.2, 0) is 4.79 Å². The molecular weight excluding hydrogens is 322 g/mol. The lowest BCUT2D eigenvalue weighted by Crippen LogP contribution is -2.25. The van der Waals surface area contributed by atoms with E-state index in [0.29, 0.717) is 5.13 Å². The Balaban J connectivity index is 1.68. The summed E-state index contributed by atoms with van der Waals surface area (Å²) in [6.07, 6.45) is 0.779. The number of carbonyl (C=O) groups excluding carboxylic acids is 1. The summed E-state index contributed by atoms with van der Waals surface area (Å²) in [5.41, 5.74) is 0.925. The first-order valence-electron chi connectivity index (χ1n) is 6.76. The third-order valence-electron chi connectivity index (χ3n) is 2.99. The Morgan fingerprint density at radius 1 is 1.48 bits per heavy atom. The fourth-order valence-corrected chi connectivity index (χ4v) is 4.96. The van der Waals surface area contributed by atoms with Crippen molar-refractivity contribution >= 4 is 60.5 Å². The van der Waals surface area contributed by atoms with E-state index in [1.165, 1.54) is 11.3 Å². The van der Waals surface area contributed by atoms with Crippen LogP contribution >= 0.6 is 34.9 Å². The zero-order valence-electron chi connectivity index (χ0n) is 11.5. The molecule has 110 valence electrons. The molecule has 3 rings (SSSR count). The highest BCUT2D eigenvalue weighted by molar-refractivity contribution is 8.39. The largest absolute Gasteiger partial charge is 0.301 e. The molecule has 0 saturated carbocycles. The van der Waals surface area contributed by atoms with Crippen LogP contribution in [0.1, 0.15) is 13.3 Å². The molecular formula is C14H15N3OS3. The van der Waals surface area contributed by atoms with E-state index in [4.69, 9.17) is 0 Å². The molecule has 1 aromatic carbocycles. The van der Waals surface area contributed by atoms with Gasteiger partial charge in [0.1, 0.15) is 4.38 Å². The SMILES string of the molecule is CCC(SC1=NCCS1)C(=O)Nc1nc2ccccc2s1. The topological polar surface area (TPSA) is 54.4 Å². The summed E-state index contributed by atoms with van der Waals surface area (Å²) in [6.45, 7) is 2.89. The molecule has 0 aliphatic carbocycles. The van der Waals surface area contributed by atoms with Gasteiger partial charge in [-0.3, -0.25) is 9.79 Å². The molecule has 7 heteroatoms. The van der Waals surface area contributed by atoms with Crippen LogP contribution in [0.5, 0.6) is 0 Å². The summed E-state index contributed by atoms with van der Waals surface area (Å²) >= 11 is 4.81. The normalized spacial score (nSPS) is 16.0. The van der Waals surface area contributed by atoms with E-state index < -0.39 is 0 Å². The molecule has 1 N–H and O–H groups in total. The summed E-state index contributed by atoms with van der Waals surface area (Å²) in [7, 11) is 0. The van der Waals surface area contributed by atoms with Crippen molar-refractivity contribution in [1.82, 2.24) is 4.98 Å². The predicted molar refractivity (Wildman–Crippen MR) is 94.7 cm³/mol. The van der Waals surface area contributed by atoms with Gasteiger partial charge in [0, 0.05) is 5.75 Å². The number of aromatic nitrogens is 1. The lowest BCUT2D eigenvalue weighted by Gasteiger charge is -2.12. The number of anilines is 1. The maximum Gasteiger partial charge on any atom is 0.239 e. The molecule has 1 atom stereocenters. The Morgan fingerprint density at radius 3 is 3.05 bits per heavy atom. The Hall–Kier alpha value is -1.05. The molecule has 21 heavy (non-hydrogen) atoms. The van der Waals surface area contributed by atoms with Crippen LogP contribution in [0.15, 0.2) is 29.3 Å². The summed E-state index contributed by atoms with van der Waals surface area (Å²) in [6, 6.07) is 7.90. The maximum atomic E-state index is 12.4. The number of para-hydroxylation sites is 1. The van der Waals surface area contributed by atoms with Gasteiger partial charge in [0.15, 0.2) is 5.13 Å². The lowest BCUT2D eigenvalue weighted by atomic mass is 10.3. The van der Waals surface area contributed by atoms with Gasteiger partial charge in [0.2, 0.25) is 5.91 Å². The van der Waals surface area contributed by atoms with Gasteiger partial charge in [-0.2, -0.15) is 0 Å². The van der Waals surface area contributed by atoms with Crippen molar-refractivity contribution in [3.05, 3.63) is 24.3 Å². The zero-order chi connectivity index (χ0) is 14.7. The highest BCUT2D eigenvalue weighted by Gasteiger charge is 2.22. The lowest BCUT2D eigenvalue weighted by molar-refractivity contribution is -0.115. The third kappa shape index (κ3) is 3.59. The number of aliphatic imine (C=N–C) groups is 1. The van der Waals surface area contributed by atoms with Gasteiger partial charge < -0.3 is 5.32 Å². The number of fused-ring (bicyclic) bond motifs is 1. The van der Waals surface area contributed by atoms with Gasteiger partial charge in [0.05, 0.1) is 22.0 Å². The van der Waals surface area contributed by atoms with Crippen LogP contribution in [0.4, 0.5) is 5.13 Å². The Bertz CT molecular complexity index is 650. The Morgan fingerprint density at radius 2 is 2.33 bits per heavy atom. The van der Waals surface area contributed by atoms with Crippen LogP contribution in [0, 0.1) is 0 Å². The van der Waals surface area contributed by atoms with E-state index in [1.54, 1.807) is 23.5 Å². The van der Waals surface area contributed by atoms with Crippen molar-refractivity contribution in [1.29, 1.82) is 0 Å². The van der Waals surface area contributed by atoms with Crippen molar-refractivity contribution in [2.45, 2.75) is 18.6 Å². The number of thiazole rings is 1. The molecule has 1 aromatic heterocycles. The van der Waals surface area contributed by atoms with Gasteiger partial charge in [-0.15, -0.1) is 0 Å². The molecule has 0 saturated heterocycles.